The van der Waals surface area contributed by atoms with Crippen LogP contribution in [0.3, 0.4) is 0 Å². The summed E-state index contributed by atoms with van der Waals surface area (Å²) in [5, 5.41) is 2.73. The van der Waals surface area contributed by atoms with E-state index in [9.17, 15) is 17.6 Å². The zero-order valence-electron chi connectivity index (χ0n) is 14.7. The molecule has 0 aromatic heterocycles. The van der Waals surface area contributed by atoms with Gasteiger partial charge in [-0.1, -0.05) is 26.8 Å². The average molecular weight is 377 g/mol. The van der Waals surface area contributed by atoms with Gasteiger partial charge in [-0.15, -0.1) is 0 Å². The minimum Gasteiger partial charge on any atom is -0.353 e. The molecule has 1 amide bonds. The van der Waals surface area contributed by atoms with Crippen molar-refractivity contribution in [1.29, 1.82) is 0 Å². The highest BCUT2D eigenvalue weighted by atomic mass is 32.2. The number of benzene rings is 1. The molecule has 8 heteroatoms. The number of hydrogen-bond donors (Lipinski definition) is 1. The van der Waals surface area contributed by atoms with Crippen molar-refractivity contribution in [2.24, 2.45) is 0 Å². The molecule has 1 atom stereocenters. The predicted octanol–water partition coefficient (Wildman–Crippen LogP) is 2.63. The fraction of sp³-hybridized carbons (Fsp3) is 0.562. The van der Waals surface area contributed by atoms with Crippen LogP contribution in [0.1, 0.15) is 27.7 Å². The van der Waals surface area contributed by atoms with Crippen LogP contribution in [0.15, 0.2) is 24.3 Å². The quantitative estimate of drug-likeness (QED) is 0.743. The molecular weight excluding hydrogens is 351 g/mol. The number of carbonyl (C=O) groups is 1. The summed E-state index contributed by atoms with van der Waals surface area (Å²) < 4.78 is 38.6. The van der Waals surface area contributed by atoms with Gasteiger partial charge in [-0.25, -0.2) is 12.8 Å². The first kappa shape index (κ1) is 20.8. The first-order valence-electron chi connectivity index (χ1n) is 7.58. The second-order valence-corrected chi connectivity index (χ2v) is 10.2. The van der Waals surface area contributed by atoms with Gasteiger partial charge in [-0.2, -0.15) is 11.8 Å². The van der Waals surface area contributed by atoms with E-state index in [1.54, 1.807) is 11.8 Å². The molecule has 1 rings (SSSR count). The summed E-state index contributed by atoms with van der Waals surface area (Å²) in [6, 6.07) is 4.22. The minimum atomic E-state index is -3.73. The molecule has 0 bridgehead atoms. The van der Waals surface area contributed by atoms with Gasteiger partial charge in [0.15, 0.2) is 0 Å². The molecule has 0 saturated heterocycles. The lowest BCUT2D eigenvalue weighted by atomic mass is 10.2. The van der Waals surface area contributed by atoms with Crippen LogP contribution >= 0.6 is 11.8 Å². The maximum atomic E-state index is 13.4. The van der Waals surface area contributed by atoms with Crippen LogP contribution in [0.5, 0.6) is 0 Å². The fourth-order valence-electron chi connectivity index (χ4n) is 2.10. The van der Waals surface area contributed by atoms with E-state index >= 15 is 0 Å². The lowest BCUT2D eigenvalue weighted by Crippen LogP contribution is -2.48. The molecule has 1 unspecified atom stereocenters. The van der Waals surface area contributed by atoms with Crippen LogP contribution in [-0.2, 0) is 14.8 Å². The molecule has 5 nitrogen and oxygen atoms in total. The predicted molar refractivity (Wildman–Crippen MR) is 98.4 cm³/mol. The zero-order chi connectivity index (χ0) is 18.5. The lowest BCUT2D eigenvalue weighted by molar-refractivity contribution is -0.121. The SMILES string of the molecule is CC(C(=O)NCCSC(C)(C)C)N(c1cccc(F)c1)S(C)(=O)=O. The summed E-state index contributed by atoms with van der Waals surface area (Å²) in [5.41, 5.74) is 0.129. The van der Waals surface area contributed by atoms with Crippen molar-refractivity contribution in [2.45, 2.75) is 38.5 Å². The van der Waals surface area contributed by atoms with E-state index in [4.69, 9.17) is 0 Å². The van der Waals surface area contributed by atoms with Crippen molar-refractivity contribution < 1.29 is 17.6 Å². The third-order valence-corrected chi connectivity index (χ3v) is 5.60. The number of hydrogen-bond acceptors (Lipinski definition) is 4. The van der Waals surface area contributed by atoms with Crippen LogP contribution < -0.4 is 9.62 Å². The zero-order valence-corrected chi connectivity index (χ0v) is 16.3. The third kappa shape index (κ3) is 6.68. The van der Waals surface area contributed by atoms with Crippen LogP contribution in [0.4, 0.5) is 10.1 Å². The molecule has 0 aliphatic rings. The van der Waals surface area contributed by atoms with Gasteiger partial charge in [-0.3, -0.25) is 9.10 Å². The molecule has 0 fully saturated rings. The summed E-state index contributed by atoms with van der Waals surface area (Å²) in [6.07, 6.45) is 0.997. The smallest absolute Gasteiger partial charge is 0.243 e. The first-order valence-corrected chi connectivity index (χ1v) is 10.4. The van der Waals surface area contributed by atoms with Gasteiger partial charge in [0.25, 0.3) is 0 Å². The summed E-state index contributed by atoms with van der Waals surface area (Å²) >= 11 is 1.70. The molecule has 0 spiro atoms. The van der Waals surface area contributed by atoms with Crippen molar-refractivity contribution in [3.05, 3.63) is 30.1 Å². The monoisotopic (exact) mass is 376 g/mol. The number of rotatable bonds is 7. The number of carbonyl (C=O) groups excluding carboxylic acids is 1. The summed E-state index contributed by atoms with van der Waals surface area (Å²) in [5.74, 6) is -0.254. The second-order valence-electron chi connectivity index (χ2n) is 6.47. The Morgan fingerprint density at radius 1 is 1.38 bits per heavy atom. The van der Waals surface area contributed by atoms with Gasteiger partial charge in [0, 0.05) is 17.0 Å². The molecule has 1 N–H and O–H groups in total. The van der Waals surface area contributed by atoms with Gasteiger partial charge >= 0.3 is 0 Å². The molecule has 24 heavy (non-hydrogen) atoms. The van der Waals surface area contributed by atoms with E-state index in [1.165, 1.54) is 25.1 Å². The van der Waals surface area contributed by atoms with Gasteiger partial charge in [0.05, 0.1) is 11.9 Å². The maximum Gasteiger partial charge on any atom is 0.243 e. The van der Waals surface area contributed by atoms with Crippen LogP contribution in [0.25, 0.3) is 0 Å². The van der Waals surface area contributed by atoms with E-state index in [0.29, 0.717) is 6.54 Å². The van der Waals surface area contributed by atoms with E-state index in [-0.39, 0.29) is 10.4 Å². The van der Waals surface area contributed by atoms with Gasteiger partial charge in [0.2, 0.25) is 15.9 Å². The lowest BCUT2D eigenvalue weighted by Gasteiger charge is -2.28. The van der Waals surface area contributed by atoms with Gasteiger partial charge in [-0.05, 0) is 25.1 Å². The molecule has 0 aliphatic heterocycles. The standard InChI is InChI=1S/C16H25FN2O3S2/c1-12(15(20)18-9-10-23-16(2,3)4)19(24(5,21)22)14-8-6-7-13(17)11-14/h6-8,11-12H,9-10H2,1-5H3,(H,18,20). The Balaban J connectivity index is 2.82. The Hall–Kier alpha value is -1.28. The molecule has 0 radical (unpaired) electrons. The molecule has 0 saturated carbocycles. The number of anilines is 1. The number of sulfonamides is 1. The maximum absolute atomic E-state index is 13.4. The van der Waals surface area contributed by atoms with Crippen LogP contribution in [-0.4, -0.2) is 43.7 Å². The highest BCUT2D eigenvalue weighted by Crippen LogP contribution is 2.23. The normalized spacial score (nSPS) is 13.4. The molecule has 136 valence electrons. The van der Waals surface area contributed by atoms with Crippen molar-refractivity contribution in [3.63, 3.8) is 0 Å². The largest absolute Gasteiger partial charge is 0.353 e. The summed E-state index contributed by atoms with van der Waals surface area (Å²) in [7, 11) is -3.73. The molecule has 1 aromatic carbocycles. The highest BCUT2D eigenvalue weighted by Gasteiger charge is 2.29. The second kappa shape index (κ2) is 8.20. The Labute approximate surface area is 148 Å². The Morgan fingerprint density at radius 2 is 2.00 bits per heavy atom. The fourth-order valence-corrected chi connectivity index (χ4v) is 4.08. The molecule has 0 heterocycles. The average Bonchev–Trinajstić information content (AvgIpc) is 2.41. The van der Waals surface area contributed by atoms with Gasteiger partial charge in [0.1, 0.15) is 11.9 Å². The van der Waals surface area contributed by atoms with E-state index in [2.05, 4.69) is 26.1 Å². The van der Waals surface area contributed by atoms with Crippen molar-refractivity contribution in [2.75, 3.05) is 22.9 Å². The molecular formula is C16H25FN2O3S2. The van der Waals surface area contributed by atoms with Gasteiger partial charge < -0.3 is 5.32 Å². The number of nitrogens with one attached hydrogen (secondary N) is 1. The van der Waals surface area contributed by atoms with Crippen LogP contribution in [0.2, 0.25) is 0 Å². The number of amides is 1. The highest BCUT2D eigenvalue weighted by molar-refractivity contribution is 8.00. The topological polar surface area (TPSA) is 66.5 Å². The van der Waals surface area contributed by atoms with Crippen molar-refractivity contribution >= 4 is 33.4 Å². The number of halogens is 1. The first-order chi connectivity index (χ1) is 10.9. The summed E-state index contributed by atoms with van der Waals surface area (Å²) in [6.45, 7) is 8.16. The van der Waals surface area contributed by atoms with Crippen molar-refractivity contribution in [1.82, 2.24) is 5.32 Å². The Kier molecular flexibility index (Phi) is 7.10. The molecule has 0 aliphatic carbocycles. The van der Waals surface area contributed by atoms with E-state index in [1.807, 2.05) is 0 Å². The number of thioether (sulfide) groups is 1. The Morgan fingerprint density at radius 3 is 2.50 bits per heavy atom. The van der Waals surface area contributed by atoms with E-state index < -0.39 is 27.8 Å². The summed E-state index contributed by atoms with van der Waals surface area (Å²) in [4.78, 5) is 12.3. The Bertz CT molecular complexity index is 672. The molecule has 1 aromatic rings. The van der Waals surface area contributed by atoms with E-state index in [0.717, 1.165) is 22.4 Å². The van der Waals surface area contributed by atoms with Crippen molar-refractivity contribution in [3.8, 4) is 0 Å². The third-order valence-electron chi connectivity index (χ3n) is 3.09. The minimum absolute atomic E-state index is 0.0940. The number of nitrogens with zero attached hydrogens (tertiary/aromatic N) is 1. The van der Waals surface area contributed by atoms with Crippen LogP contribution in [0, 0.1) is 5.82 Å².